The zero-order valence-electron chi connectivity index (χ0n) is 11.9. The Labute approximate surface area is 129 Å². The van der Waals surface area contributed by atoms with Crippen molar-refractivity contribution in [2.24, 2.45) is 10.7 Å². The molecule has 0 amide bonds. The second-order valence-corrected chi connectivity index (χ2v) is 5.96. The first kappa shape index (κ1) is 14.2. The number of hydrogen-bond acceptors (Lipinski definition) is 2. The van der Waals surface area contributed by atoms with Gasteiger partial charge >= 0.3 is 0 Å². The van der Waals surface area contributed by atoms with E-state index in [-0.39, 0.29) is 0 Å². The van der Waals surface area contributed by atoms with Gasteiger partial charge in [0.1, 0.15) is 5.65 Å². The van der Waals surface area contributed by atoms with Crippen molar-refractivity contribution in [3.05, 3.63) is 35.2 Å². The number of aromatic nitrogens is 2. The lowest BCUT2D eigenvalue weighted by Gasteiger charge is -2.23. The highest BCUT2D eigenvalue weighted by atomic mass is 35.5. The van der Waals surface area contributed by atoms with Crippen LogP contribution in [0, 0.1) is 0 Å². The Hall–Kier alpha value is -1.75. The minimum atomic E-state index is 0.474. The van der Waals surface area contributed by atoms with Crippen molar-refractivity contribution >= 4 is 23.2 Å². The maximum Gasteiger partial charge on any atom is 0.189 e. The van der Waals surface area contributed by atoms with E-state index in [2.05, 4.69) is 15.3 Å². The van der Waals surface area contributed by atoms with Crippen molar-refractivity contribution in [1.29, 1.82) is 0 Å². The summed E-state index contributed by atoms with van der Waals surface area (Å²) in [7, 11) is 0. The van der Waals surface area contributed by atoms with Gasteiger partial charge in [0, 0.05) is 18.4 Å². The molecule has 2 aromatic heterocycles. The van der Waals surface area contributed by atoms with E-state index >= 15 is 0 Å². The first-order valence-electron chi connectivity index (χ1n) is 7.40. The van der Waals surface area contributed by atoms with Crippen LogP contribution in [-0.2, 0) is 6.54 Å². The van der Waals surface area contributed by atoms with E-state index in [0.29, 0.717) is 23.6 Å². The number of hydrogen-bond donors (Lipinski definition) is 2. The standard InChI is InChI=1S/C15H20ClN5/c16-11-6-7-14-19-13(10-21(14)9-11)8-18-15(17)20-12-4-2-1-3-5-12/h6-7,9-10,12H,1-5,8H2,(H3,17,18,20). The van der Waals surface area contributed by atoms with Crippen molar-refractivity contribution < 1.29 is 0 Å². The summed E-state index contributed by atoms with van der Waals surface area (Å²) in [6, 6.07) is 4.19. The van der Waals surface area contributed by atoms with Gasteiger partial charge in [-0.3, -0.25) is 0 Å². The van der Waals surface area contributed by atoms with Gasteiger partial charge in [-0.2, -0.15) is 0 Å². The van der Waals surface area contributed by atoms with Gasteiger partial charge in [-0.25, -0.2) is 9.98 Å². The summed E-state index contributed by atoms with van der Waals surface area (Å²) < 4.78 is 1.90. The molecule has 5 nitrogen and oxygen atoms in total. The van der Waals surface area contributed by atoms with Crippen molar-refractivity contribution in [3.8, 4) is 0 Å². The second kappa shape index (κ2) is 6.35. The number of imidazole rings is 1. The molecule has 0 aliphatic heterocycles. The number of aliphatic imine (C=N–C) groups is 1. The highest BCUT2D eigenvalue weighted by molar-refractivity contribution is 6.30. The van der Waals surface area contributed by atoms with Crippen LogP contribution in [0.4, 0.5) is 0 Å². The molecule has 6 heteroatoms. The molecule has 0 saturated heterocycles. The monoisotopic (exact) mass is 305 g/mol. The largest absolute Gasteiger partial charge is 0.370 e. The third kappa shape index (κ3) is 3.67. The molecule has 0 atom stereocenters. The highest BCUT2D eigenvalue weighted by Crippen LogP contribution is 2.17. The Balaban J connectivity index is 1.62. The fourth-order valence-electron chi connectivity index (χ4n) is 2.76. The fourth-order valence-corrected chi connectivity index (χ4v) is 2.93. The highest BCUT2D eigenvalue weighted by Gasteiger charge is 2.13. The summed E-state index contributed by atoms with van der Waals surface area (Å²) in [4.78, 5) is 8.87. The summed E-state index contributed by atoms with van der Waals surface area (Å²) >= 11 is 5.96. The summed E-state index contributed by atoms with van der Waals surface area (Å²) in [5.74, 6) is 0.511. The van der Waals surface area contributed by atoms with Crippen LogP contribution in [-0.4, -0.2) is 21.4 Å². The molecule has 112 valence electrons. The lowest BCUT2D eigenvalue weighted by atomic mass is 9.96. The van der Waals surface area contributed by atoms with Crippen LogP contribution in [0.5, 0.6) is 0 Å². The van der Waals surface area contributed by atoms with Gasteiger partial charge in [0.15, 0.2) is 5.96 Å². The Morgan fingerprint density at radius 2 is 2.14 bits per heavy atom. The number of nitrogens with one attached hydrogen (secondary N) is 1. The van der Waals surface area contributed by atoms with Crippen LogP contribution < -0.4 is 11.1 Å². The average Bonchev–Trinajstić information content (AvgIpc) is 2.88. The molecule has 0 radical (unpaired) electrons. The van der Waals surface area contributed by atoms with Crippen LogP contribution in [0.3, 0.4) is 0 Å². The average molecular weight is 306 g/mol. The van der Waals surface area contributed by atoms with Crippen molar-refractivity contribution in [3.63, 3.8) is 0 Å². The van der Waals surface area contributed by atoms with Crippen molar-refractivity contribution in [2.45, 2.75) is 44.7 Å². The molecule has 0 aromatic carbocycles. The van der Waals surface area contributed by atoms with Crippen LogP contribution in [0.25, 0.3) is 5.65 Å². The lowest BCUT2D eigenvalue weighted by Crippen LogP contribution is -2.41. The quantitative estimate of drug-likeness (QED) is 0.677. The maximum absolute atomic E-state index is 5.96. The molecule has 1 aliphatic carbocycles. The Morgan fingerprint density at radius 3 is 2.95 bits per heavy atom. The third-order valence-corrected chi connectivity index (χ3v) is 4.06. The summed E-state index contributed by atoms with van der Waals surface area (Å²) in [5.41, 5.74) is 7.70. The molecule has 0 unspecified atom stereocenters. The van der Waals surface area contributed by atoms with E-state index in [0.717, 1.165) is 11.3 Å². The molecular weight excluding hydrogens is 286 g/mol. The summed E-state index contributed by atoms with van der Waals surface area (Å²) in [6.45, 7) is 0.477. The molecule has 0 bridgehead atoms. The van der Waals surface area contributed by atoms with E-state index in [1.807, 2.05) is 28.9 Å². The zero-order chi connectivity index (χ0) is 14.7. The second-order valence-electron chi connectivity index (χ2n) is 5.53. The Kier molecular flexibility index (Phi) is 4.29. The molecule has 1 fully saturated rings. The predicted molar refractivity (Wildman–Crippen MR) is 85.5 cm³/mol. The number of nitrogens with zero attached hydrogens (tertiary/aromatic N) is 3. The number of guanidine groups is 1. The van der Waals surface area contributed by atoms with Gasteiger partial charge in [0.2, 0.25) is 0 Å². The molecular formula is C15H20ClN5. The molecule has 21 heavy (non-hydrogen) atoms. The molecule has 2 aromatic rings. The van der Waals surface area contributed by atoms with Crippen molar-refractivity contribution in [1.82, 2.24) is 14.7 Å². The molecule has 3 rings (SSSR count). The predicted octanol–water partition coefficient (Wildman–Crippen LogP) is 2.72. The van der Waals surface area contributed by atoms with Gasteiger partial charge in [0.25, 0.3) is 0 Å². The molecule has 0 spiro atoms. The zero-order valence-corrected chi connectivity index (χ0v) is 12.7. The first-order chi connectivity index (χ1) is 10.2. The van der Waals surface area contributed by atoms with Gasteiger partial charge in [-0.15, -0.1) is 0 Å². The molecule has 1 saturated carbocycles. The van der Waals surface area contributed by atoms with Gasteiger partial charge in [0.05, 0.1) is 17.3 Å². The van der Waals surface area contributed by atoms with Gasteiger partial charge in [-0.05, 0) is 25.0 Å². The SMILES string of the molecule is NC(=NCc1cn2cc(Cl)ccc2n1)NC1CCCCC1. The number of rotatable bonds is 3. The van der Waals surface area contributed by atoms with E-state index in [4.69, 9.17) is 17.3 Å². The lowest BCUT2D eigenvalue weighted by molar-refractivity contribution is 0.412. The van der Waals surface area contributed by atoms with Gasteiger partial charge < -0.3 is 15.5 Å². The molecule has 3 N–H and O–H groups in total. The van der Waals surface area contributed by atoms with Crippen LogP contribution in [0.15, 0.2) is 29.5 Å². The van der Waals surface area contributed by atoms with Gasteiger partial charge in [-0.1, -0.05) is 30.9 Å². The van der Waals surface area contributed by atoms with E-state index in [9.17, 15) is 0 Å². The summed E-state index contributed by atoms with van der Waals surface area (Å²) in [6.07, 6.45) is 10.0. The number of pyridine rings is 1. The van der Waals surface area contributed by atoms with E-state index < -0.39 is 0 Å². The van der Waals surface area contributed by atoms with Crippen LogP contribution in [0.1, 0.15) is 37.8 Å². The van der Waals surface area contributed by atoms with Crippen molar-refractivity contribution in [2.75, 3.05) is 0 Å². The molecule has 2 heterocycles. The summed E-state index contributed by atoms with van der Waals surface area (Å²) in [5, 5.41) is 3.99. The maximum atomic E-state index is 5.96. The number of nitrogens with two attached hydrogens (primary N) is 1. The van der Waals surface area contributed by atoms with E-state index in [1.54, 1.807) is 0 Å². The normalized spacial score (nSPS) is 17.3. The number of fused-ring (bicyclic) bond motifs is 1. The number of halogens is 1. The first-order valence-corrected chi connectivity index (χ1v) is 7.78. The van der Waals surface area contributed by atoms with Crippen LogP contribution in [0.2, 0.25) is 5.02 Å². The minimum absolute atomic E-state index is 0.474. The molecule has 1 aliphatic rings. The van der Waals surface area contributed by atoms with Crippen LogP contribution >= 0.6 is 11.6 Å². The Bertz CT molecular complexity index is 643. The smallest absolute Gasteiger partial charge is 0.189 e. The van der Waals surface area contributed by atoms with E-state index in [1.165, 1.54) is 32.1 Å². The Morgan fingerprint density at radius 1 is 1.33 bits per heavy atom. The fraction of sp³-hybridized carbons (Fsp3) is 0.467. The third-order valence-electron chi connectivity index (χ3n) is 3.83. The minimum Gasteiger partial charge on any atom is -0.370 e. The topological polar surface area (TPSA) is 67.7 Å².